The van der Waals surface area contributed by atoms with Gasteiger partial charge in [-0.2, -0.15) is 0 Å². The van der Waals surface area contributed by atoms with E-state index >= 15 is 0 Å². The van der Waals surface area contributed by atoms with Crippen LogP contribution in [-0.2, 0) is 0 Å². The lowest BCUT2D eigenvalue weighted by Crippen LogP contribution is -2.33. The van der Waals surface area contributed by atoms with Gasteiger partial charge in [-0.15, -0.1) is 10.2 Å². The van der Waals surface area contributed by atoms with E-state index < -0.39 is 5.60 Å². The van der Waals surface area contributed by atoms with Crippen LogP contribution in [0.5, 0.6) is 0 Å². The van der Waals surface area contributed by atoms with E-state index in [1.165, 1.54) is 0 Å². The molecule has 0 amide bonds. The molecule has 1 aliphatic carbocycles. The second kappa shape index (κ2) is 4.02. The van der Waals surface area contributed by atoms with Gasteiger partial charge >= 0.3 is 0 Å². The Morgan fingerprint density at radius 1 is 1.33 bits per heavy atom. The molecule has 5 nitrogen and oxygen atoms in total. The van der Waals surface area contributed by atoms with Crippen molar-refractivity contribution in [3.8, 4) is 0 Å². The Balaban J connectivity index is 1.90. The highest BCUT2D eigenvalue weighted by Crippen LogP contribution is 2.29. The largest absolute Gasteiger partial charge is 0.388 e. The zero-order valence-corrected chi connectivity index (χ0v) is 8.61. The first-order valence-corrected chi connectivity index (χ1v) is 5.23. The van der Waals surface area contributed by atoms with E-state index in [9.17, 15) is 5.11 Å². The Kier molecular flexibility index (Phi) is 2.73. The van der Waals surface area contributed by atoms with Gasteiger partial charge in [0.25, 0.3) is 0 Å². The predicted molar refractivity (Wildman–Crippen MR) is 58.4 cm³/mol. The number of nitrogen functional groups attached to an aromatic ring is 1. The number of nitrogens with two attached hydrogens (primary N) is 1. The second-order valence-electron chi connectivity index (χ2n) is 4.13. The summed E-state index contributed by atoms with van der Waals surface area (Å²) in [6, 6.07) is 3.45. The summed E-state index contributed by atoms with van der Waals surface area (Å²) in [6.07, 6.45) is 3.93. The van der Waals surface area contributed by atoms with Gasteiger partial charge in [0.05, 0.1) is 5.60 Å². The minimum absolute atomic E-state index is 0.403. The van der Waals surface area contributed by atoms with Crippen LogP contribution in [0.2, 0.25) is 0 Å². The van der Waals surface area contributed by atoms with Crippen LogP contribution in [0.1, 0.15) is 25.7 Å². The third-order valence-electron chi connectivity index (χ3n) is 2.82. The number of hydrogen-bond acceptors (Lipinski definition) is 5. The van der Waals surface area contributed by atoms with Crippen LogP contribution in [-0.4, -0.2) is 27.4 Å². The molecule has 1 aromatic rings. The molecule has 0 radical (unpaired) electrons. The van der Waals surface area contributed by atoms with Crippen LogP contribution >= 0.6 is 0 Å². The molecule has 0 unspecified atom stereocenters. The Bertz CT molecular complexity index is 319. The van der Waals surface area contributed by atoms with Crippen molar-refractivity contribution in [1.29, 1.82) is 0 Å². The molecule has 15 heavy (non-hydrogen) atoms. The quantitative estimate of drug-likeness (QED) is 0.683. The molecule has 0 bridgehead atoms. The highest BCUT2D eigenvalue weighted by Gasteiger charge is 2.30. The van der Waals surface area contributed by atoms with Gasteiger partial charge in [-0.05, 0) is 25.0 Å². The fourth-order valence-corrected chi connectivity index (χ4v) is 1.90. The van der Waals surface area contributed by atoms with E-state index in [0.717, 1.165) is 25.7 Å². The maximum Gasteiger partial charge on any atom is 0.148 e. The highest BCUT2D eigenvalue weighted by molar-refractivity contribution is 5.38. The molecule has 0 aliphatic heterocycles. The Labute approximate surface area is 88.7 Å². The third-order valence-corrected chi connectivity index (χ3v) is 2.82. The van der Waals surface area contributed by atoms with Crippen LogP contribution in [0.25, 0.3) is 0 Å². The standard InChI is InChI=1S/C10H16N4O/c11-8-3-4-9(14-13-8)12-7-10(15)5-1-2-6-10/h3-4,15H,1-2,5-7H2,(H2,11,13)(H,12,14). The summed E-state index contributed by atoms with van der Waals surface area (Å²) >= 11 is 0. The molecule has 0 aromatic carbocycles. The number of rotatable bonds is 3. The average Bonchev–Trinajstić information content (AvgIpc) is 2.65. The van der Waals surface area contributed by atoms with Crippen LogP contribution in [0.3, 0.4) is 0 Å². The van der Waals surface area contributed by atoms with E-state index in [1.54, 1.807) is 12.1 Å². The number of hydrogen-bond donors (Lipinski definition) is 3. The topological polar surface area (TPSA) is 84.1 Å². The van der Waals surface area contributed by atoms with Crippen LogP contribution in [0.15, 0.2) is 12.1 Å². The van der Waals surface area contributed by atoms with Gasteiger partial charge in [0.15, 0.2) is 0 Å². The monoisotopic (exact) mass is 208 g/mol. The second-order valence-corrected chi connectivity index (χ2v) is 4.13. The molecular formula is C10H16N4O. The minimum atomic E-state index is -0.566. The maximum absolute atomic E-state index is 10.1. The zero-order chi connectivity index (χ0) is 10.7. The fourth-order valence-electron chi connectivity index (χ4n) is 1.90. The summed E-state index contributed by atoms with van der Waals surface area (Å²) in [7, 11) is 0. The van der Waals surface area contributed by atoms with Crippen molar-refractivity contribution in [3.63, 3.8) is 0 Å². The number of anilines is 2. The first-order chi connectivity index (χ1) is 7.18. The van der Waals surface area contributed by atoms with Crippen molar-refractivity contribution in [3.05, 3.63) is 12.1 Å². The first kappa shape index (κ1) is 10.2. The van der Waals surface area contributed by atoms with Crippen molar-refractivity contribution >= 4 is 11.6 Å². The van der Waals surface area contributed by atoms with E-state index in [0.29, 0.717) is 18.2 Å². The lowest BCUT2D eigenvalue weighted by atomic mass is 10.0. The molecular weight excluding hydrogens is 192 g/mol. The van der Waals surface area contributed by atoms with Crippen LogP contribution < -0.4 is 11.1 Å². The van der Waals surface area contributed by atoms with Gasteiger partial charge in [0, 0.05) is 6.54 Å². The normalized spacial score (nSPS) is 19.0. The smallest absolute Gasteiger partial charge is 0.148 e. The molecule has 1 heterocycles. The summed E-state index contributed by atoms with van der Waals surface area (Å²) in [5, 5.41) is 20.8. The number of nitrogens with one attached hydrogen (secondary N) is 1. The van der Waals surface area contributed by atoms with E-state index in [-0.39, 0.29) is 0 Å². The van der Waals surface area contributed by atoms with Crippen molar-refractivity contribution in [2.75, 3.05) is 17.6 Å². The molecule has 0 spiro atoms. The van der Waals surface area contributed by atoms with E-state index in [1.807, 2.05) is 0 Å². The summed E-state index contributed by atoms with van der Waals surface area (Å²) in [6.45, 7) is 0.533. The van der Waals surface area contributed by atoms with Crippen LogP contribution in [0.4, 0.5) is 11.6 Å². The summed E-state index contributed by atoms with van der Waals surface area (Å²) in [5.41, 5.74) is 4.85. The summed E-state index contributed by atoms with van der Waals surface area (Å²) in [5.74, 6) is 1.06. The zero-order valence-electron chi connectivity index (χ0n) is 8.61. The summed E-state index contributed by atoms with van der Waals surface area (Å²) in [4.78, 5) is 0. The lowest BCUT2D eigenvalue weighted by molar-refractivity contribution is 0.0614. The highest BCUT2D eigenvalue weighted by atomic mass is 16.3. The summed E-state index contributed by atoms with van der Waals surface area (Å²) < 4.78 is 0. The molecule has 1 aromatic heterocycles. The minimum Gasteiger partial charge on any atom is -0.388 e. The predicted octanol–water partition coefficient (Wildman–Crippen LogP) is 0.776. The van der Waals surface area contributed by atoms with Gasteiger partial charge in [0.1, 0.15) is 11.6 Å². The van der Waals surface area contributed by atoms with E-state index in [4.69, 9.17) is 5.73 Å². The molecule has 5 heteroatoms. The Morgan fingerprint density at radius 2 is 2.07 bits per heavy atom. The number of nitrogens with zero attached hydrogens (tertiary/aromatic N) is 2. The van der Waals surface area contributed by atoms with Gasteiger partial charge < -0.3 is 16.2 Å². The fraction of sp³-hybridized carbons (Fsp3) is 0.600. The van der Waals surface area contributed by atoms with Crippen molar-refractivity contribution in [2.45, 2.75) is 31.3 Å². The maximum atomic E-state index is 10.1. The molecule has 82 valence electrons. The molecule has 1 aliphatic rings. The van der Waals surface area contributed by atoms with Crippen molar-refractivity contribution in [2.24, 2.45) is 0 Å². The SMILES string of the molecule is Nc1ccc(NCC2(O)CCCC2)nn1. The van der Waals surface area contributed by atoms with Crippen LogP contribution in [0, 0.1) is 0 Å². The lowest BCUT2D eigenvalue weighted by Gasteiger charge is -2.22. The Morgan fingerprint density at radius 3 is 2.67 bits per heavy atom. The van der Waals surface area contributed by atoms with Gasteiger partial charge in [0.2, 0.25) is 0 Å². The molecule has 2 rings (SSSR count). The first-order valence-electron chi connectivity index (χ1n) is 5.23. The van der Waals surface area contributed by atoms with Gasteiger partial charge in [-0.25, -0.2) is 0 Å². The molecule has 1 fully saturated rings. The average molecular weight is 208 g/mol. The van der Waals surface area contributed by atoms with Gasteiger partial charge in [-0.3, -0.25) is 0 Å². The van der Waals surface area contributed by atoms with Gasteiger partial charge in [-0.1, -0.05) is 12.8 Å². The third kappa shape index (κ3) is 2.56. The molecule has 0 atom stereocenters. The number of aromatic nitrogens is 2. The number of aliphatic hydroxyl groups is 1. The molecule has 4 N–H and O–H groups in total. The molecule has 1 saturated carbocycles. The molecule has 0 saturated heterocycles. The van der Waals surface area contributed by atoms with Crippen molar-refractivity contribution < 1.29 is 5.11 Å². The van der Waals surface area contributed by atoms with Crippen molar-refractivity contribution in [1.82, 2.24) is 10.2 Å². The Hall–Kier alpha value is -1.36. The van der Waals surface area contributed by atoms with E-state index in [2.05, 4.69) is 15.5 Å².